The molecule has 2 nitrogen and oxygen atoms in total. The average Bonchev–Trinajstić information content (AvgIpc) is 3.77. The standard InChI is InChI=1S/C58H40N2S/c1-57(2)45-21-8-6-18-41(45)42-35-34-40(36-50(42)57)59(39-32-30-38(31-33-39)37-16-4-3-5-17-37)53-28-15-25-49-56(53)61-54-29-13-10-23-47(54)58(49)46-22-9-12-27-52(46)60-51-26-11-7-19-43(51)44-20-14-24-48(58)55(44)60/h3-36H,1-2H3. The second-order valence-corrected chi connectivity index (χ2v) is 18.3. The Bertz CT molecular complexity index is 3430. The van der Waals surface area contributed by atoms with Crippen LogP contribution in [0.2, 0.25) is 0 Å². The number of para-hydroxylation sites is 3. The molecule has 1 atom stereocenters. The number of anilines is 3. The Labute approximate surface area is 360 Å². The van der Waals surface area contributed by atoms with Crippen molar-refractivity contribution < 1.29 is 0 Å². The second kappa shape index (κ2) is 12.7. The monoisotopic (exact) mass is 796 g/mol. The van der Waals surface area contributed by atoms with Crippen LogP contribution in [0.15, 0.2) is 216 Å². The summed E-state index contributed by atoms with van der Waals surface area (Å²) in [4.78, 5) is 5.07. The van der Waals surface area contributed by atoms with E-state index in [4.69, 9.17) is 0 Å². The van der Waals surface area contributed by atoms with Crippen LogP contribution in [0.25, 0.3) is 49.7 Å². The van der Waals surface area contributed by atoms with E-state index in [1.165, 1.54) is 98.6 Å². The normalized spacial score (nSPS) is 16.2. The van der Waals surface area contributed by atoms with Crippen molar-refractivity contribution in [1.82, 2.24) is 4.57 Å². The van der Waals surface area contributed by atoms with Crippen LogP contribution in [0.5, 0.6) is 0 Å². The van der Waals surface area contributed by atoms with Crippen LogP contribution in [0, 0.1) is 0 Å². The van der Waals surface area contributed by atoms with Crippen LogP contribution < -0.4 is 4.90 Å². The van der Waals surface area contributed by atoms with Gasteiger partial charge in [0.05, 0.1) is 27.8 Å². The van der Waals surface area contributed by atoms with Gasteiger partial charge in [0.15, 0.2) is 0 Å². The molecular formula is C58H40N2S. The van der Waals surface area contributed by atoms with Gasteiger partial charge in [-0.25, -0.2) is 0 Å². The first-order valence-corrected chi connectivity index (χ1v) is 22.1. The molecule has 288 valence electrons. The highest BCUT2D eigenvalue weighted by molar-refractivity contribution is 7.99. The van der Waals surface area contributed by atoms with Crippen LogP contribution in [-0.4, -0.2) is 4.57 Å². The van der Waals surface area contributed by atoms with E-state index in [0.717, 1.165) is 11.4 Å². The lowest BCUT2D eigenvalue weighted by molar-refractivity contribution is 0.660. The quantitative estimate of drug-likeness (QED) is 0.175. The van der Waals surface area contributed by atoms with Gasteiger partial charge in [-0.1, -0.05) is 183 Å². The van der Waals surface area contributed by atoms with Crippen molar-refractivity contribution in [1.29, 1.82) is 0 Å². The van der Waals surface area contributed by atoms with Crippen molar-refractivity contribution in [2.24, 2.45) is 0 Å². The topological polar surface area (TPSA) is 8.17 Å². The van der Waals surface area contributed by atoms with E-state index < -0.39 is 5.41 Å². The third-order valence-corrected chi connectivity index (χ3v) is 15.1. The molecule has 0 bridgehead atoms. The molecular weight excluding hydrogens is 757 g/mol. The molecule has 1 aliphatic carbocycles. The maximum atomic E-state index is 2.53. The lowest BCUT2D eigenvalue weighted by Crippen LogP contribution is -2.38. The molecule has 0 saturated carbocycles. The summed E-state index contributed by atoms with van der Waals surface area (Å²) in [7, 11) is 0. The van der Waals surface area contributed by atoms with Gasteiger partial charge in [0.2, 0.25) is 0 Å². The first kappa shape index (κ1) is 34.8. The van der Waals surface area contributed by atoms with E-state index in [-0.39, 0.29) is 5.41 Å². The van der Waals surface area contributed by atoms with E-state index in [1.807, 2.05) is 11.8 Å². The fourth-order valence-electron chi connectivity index (χ4n) is 11.2. The van der Waals surface area contributed by atoms with Crippen LogP contribution in [0.1, 0.15) is 47.2 Å². The maximum absolute atomic E-state index is 2.53. The molecule has 10 aromatic rings. The molecule has 0 N–H and O–H groups in total. The Morgan fingerprint density at radius 3 is 1.93 bits per heavy atom. The number of rotatable bonds is 4. The zero-order valence-corrected chi connectivity index (χ0v) is 34.7. The van der Waals surface area contributed by atoms with E-state index in [2.05, 4.69) is 230 Å². The van der Waals surface area contributed by atoms with Gasteiger partial charge >= 0.3 is 0 Å². The minimum absolute atomic E-state index is 0.137. The fourth-order valence-corrected chi connectivity index (χ4v) is 12.5. The van der Waals surface area contributed by atoms with E-state index in [1.54, 1.807) is 0 Å². The Morgan fingerprint density at radius 2 is 1.07 bits per heavy atom. The Morgan fingerprint density at radius 1 is 0.443 bits per heavy atom. The van der Waals surface area contributed by atoms with Gasteiger partial charge in [-0.3, -0.25) is 0 Å². The summed E-state index contributed by atoms with van der Waals surface area (Å²) in [6.07, 6.45) is 0. The lowest BCUT2D eigenvalue weighted by Gasteiger charge is -2.46. The third-order valence-electron chi connectivity index (χ3n) is 13.8. The predicted molar refractivity (Wildman–Crippen MR) is 254 cm³/mol. The minimum atomic E-state index is -0.571. The molecule has 3 heterocycles. The Balaban J connectivity index is 1.10. The molecule has 0 radical (unpaired) electrons. The summed E-state index contributed by atoms with van der Waals surface area (Å²) < 4.78 is 2.53. The summed E-state index contributed by atoms with van der Waals surface area (Å²) in [5.41, 5.74) is 19.6. The van der Waals surface area contributed by atoms with Crippen molar-refractivity contribution in [2.75, 3.05) is 4.90 Å². The highest BCUT2D eigenvalue weighted by Crippen LogP contribution is 2.63. The molecule has 0 saturated heterocycles. The number of nitrogens with zero attached hydrogens (tertiary/aromatic N) is 2. The largest absolute Gasteiger partial charge is 0.309 e. The Hall–Kier alpha value is -7.07. The molecule has 1 spiro atoms. The average molecular weight is 797 g/mol. The first-order valence-electron chi connectivity index (χ1n) is 21.3. The van der Waals surface area contributed by atoms with Gasteiger partial charge in [0.25, 0.3) is 0 Å². The van der Waals surface area contributed by atoms with Gasteiger partial charge in [-0.2, -0.15) is 0 Å². The summed E-state index contributed by atoms with van der Waals surface area (Å²) >= 11 is 1.91. The molecule has 1 aromatic heterocycles. The smallest absolute Gasteiger partial charge is 0.0765 e. The van der Waals surface area contributed by atoms with Crippen LogP contribution in [-0.2, 0) is 10.8 Å². The van der Waals surface area contributed by atoms with Crippen molar-refractivity contribution in [2.45, 2.75) is 34.5 Å². The van der Waals surface area contributed by atoms with E-state index in [9.17, 15) is 0 Å². The Kier molecular flexibility index (Phi) is 7.25. The van der Waals surface area contributed by atoms with Gasteiger partial charge in [-0.15, -0.1) is 0 Å². The molecule has 0 fully saturated rings. The molecule has 1 unspecified atom stereocenters. The highest BCUT2D eigenvalue weighted by Gasteiger charge is 2.50. The third kappa shape index (κ3) is 4.64. The predicted octanol–water partition coefficient (Wildman–Crippen LogP) is 15.4. The summed E-state index contributed by atoms with van der Waals surface area (Å²) in [6.45, 7) is 4.75. The van der Waals surface area contributed by atoms with Crippen LogP contribution >= 0.6 is 11.8 Å². The molecule has 3 aliphatic rings. The van der Waals surface area contributed by atoms with Crippen LogP contribution in [0.4, 0.5) is 17.1 Å². The molecule has 3 heteroatoms. The molecule has 9 aromatic carbocycles. The molecule has 0 amide bonds. The number of fused-ring (bicyclic) bond motifs is 14. The van der Waals surface area contributed by atoms with Crippen molar-refractivity contribution in [3.63, 3.8) is 0 Å². The van der Waals surface area contributed by atoms with E-state index >= 15 is 0 Å². The zero-order chi connectivity index (χ0) is 40.5. The lowest BCUT2D eigenvalue weighted by atomic mass is 9.62. The minimum Gasteiger partial charge on any atom is -0.309 e. The maximum Gasteiger partial charge on any atom is 0.0765 e. The van der Waals surface area contributed by atoms with Gasteiger partial charge in [0, 0.05) is 37.4 Å². The molecule has 61 heavy (non-hydrogen) atoms. The van der Waals surface area contributed by atoms with Crippen molar-refractivity contribution in [3.8, 4) is 27.9 Å². The number of hydrogen-bond donors (Lipinski definition) is 0. The van der Waals surface area contributed by atoms with Crippen LogP contribution in [0.3, 0.4) is 0 Å². The van der Waals surface area contributed by atoms with Crippen molar-refractivity contribution in [3.05, 3.63) is 240 Å². The fraction of sp³-hybridized carbons (Fsp3) is 0.0690. The molecule has 2 aliphatic heterocycles. The number of benzene rings is 9. The summed E-state index contributed by atoms with van der Waals surface area (Å²) in [5.74, 6) is 0. The molecule has 13 rings (SSSR count). The van der Waals surface area contributed by atoms with Gasteiger partial charge < -0.3 is 9.47 Å². The summed E-state index contributed by atoms with van der Waals surface area (Å²) in [6, 6.07) is 77.2. The number of aromatic nitrogens is 1. The first-order chi connectivity index (χ1) is 30.0. The second-order valence-electron chi connectivity index (χ2n) is 17.2. The van der Waals surface area contributed by atoms with Gasteiger partial charge in [-0.05, 0) is 104 Å². The van der Waals surface area contributed by atoms with Gasteiger partial charge in [0.1, 0.15) is 0 Å². The zero-order valence-electron chi connectivity index (χ0n) is 33.9. The number of hydrogen-bond acceptors (Lipinski definition) is 2. The van der Waals surface area contributed by atoms with E-state index in [0.29, 0.717) is 0 Å². The summed E-state index contributed by atoms with van der Waals surface area (Å²) in [5, 5.41) is 2.57. The SMILES string of the molecule is CC1(C)c2ccccc2-c2ccc(N(c3ccc(-c4ccccc4)cc3)c3cccc4c3Sc3ccccc3C43c4ccccc4-n4c5ccccc5c5cccc3c54)cc21. The van der Waals surface area contributed by atoms with Crippen molar-refractivity contribution >= 4 is 50.6 Å². The highest BCUT2D eigenvalue weighted by atomic mass is 32.2.